The molecule has 4 nitrogen and oxygen atoms in total. The van der Waals surface area contributed by atoms with Crippen LogP contribution >= 0.6 is 0 Å². The maximum atomic E-state index is 10.7. The van der Waals surface area contributed by atoms with E-state index in [1.54, 1.807) is 7.11 Å². The Kier molecular flexibility index (Phi) is 5.95. The highest BCUT2D eigenvalue weighted by Crippen LogP contribution is 2.25. The number of aryl methyl sites for hydroxylation is 1. The second-order valence-electron chi connectivity index (χ2n) is 6.73. The molecule has 0 radical (unpaired) electrons. The predicted octanol–water partition coefficient (Wildman–Crippen LogP) is 3.45. The summed E-state index contributed by atoms with van der Waals surface area (Å²) in [6.45, 7) is 2.77. The van der Waals surface area contributed by atoms with Gasteiger partial charge in [-0.15, -0.1) is 0 Å². The van der Waals surface area contributed by atoms with Gasteiger partial charge >= 0.3 is 0 Å². The maximum absolute atomic E-state index is 10.7. The average Bonchev–Trinajstić information content (AvgIpc) is 2.63. The highest BCUT2D eigenvalue weighted by molar-refractivity contribution is 5.28. The fourth-order valence-corrected chi connectivity index (χ4v) is 3.35. The van der Waals surface area contributed by atoms with Gasteiger partial charge in [-0.25, -0.2) is 0 Å². The van der Waals surface area contributed by atoms with Crippen LogP contribution in [0.15, 0.2) is 48.5 Å². The number of aliphatic hydroxyl groups is 1. The fraction of sp³-hybridized carbons (Fsp3) is 0.429. The van der Waals surface area contributed by atoms with Gasteiger partial charge in [0, 0.05) is 12.6 Å². The SMILES string of the molecule is COc1ccc(CN[C@H]2CCC[C@@H](Oc3cccc(C)c3)[C@@H]2O)cc1. The Bertz CT molecular complexity index is 671. The molecule has 0 heterocycles. The molecule has 25 heavy (non-hydrogen) atoms. The van der Waals surface area contributed by atoms with E-state index in [0.717, 1.165) is 42.9 Å². The smallest absolute Gasteiger partial charge is 0.126 e. The first-order chi connectivity index (χ1) is 12.2. The zero-order chi connectivity index (χ0) is 17.6. The first-order valence-corrected chi connectivity index (χ1v) is 8.93. The molecular formula is C21H27NO3. The van der Waals surface area contributed by atoms with Crippen LogP contribution in [-0.2, 0) is 6.54 Å². The highest BCUT2D eigenvalue weighted by Gasteiger charge is 2.33. The molecule has 2 aromatic rings. The summed E-state index contributed by atoms with van der Waals surface area (Å²) in [5, 5.41) is 14.2. The first kappa shape index (κ1) is 17.8. The summed E-state index contributed by atoms with van der Waals surface area (Å²) in [6, 6.07) is 16.0. The third-order valence-corrected chi connectivity index (χ3v) is 4.80. The van der Waals surface area contributed by atoms with Gasteiger partial charge in [0.2, 0.25) is 0 Å². The van der Waals surface area contributed by atoms with Crippen LogP contribution in [-0.4, -0.2) is 30.5 Å². The van der Waals surface area contributed by atoms with Gasteiger partial charge in [-0.05, 0) is 61.6 Å². The van der Waals surface area contributed by atoms with E-state index in [0.29, 0.717) is 0 Å². The van der Waals surface area contributed by atoms with Gasteiger partial charge in [0.25, 0.3) is 0 Å². The summed E-state index contributed by atoms with van der Waals surface area (Å²) in [6.07, 6.45) is 2.23. The summed E-state index contributed by atoms with van der Waals surface area (Å²) in [5.74, 6) is 1.69. The summed E-state index contributed by atoms with van der Waals surface area (Å²) in [5.41, 5.74) is 2.34. The van der Waals surface area contributed by atoms with E-state index >= 15 is 0 Å². The third kappa shape index (κ3) is 4.74. The number of nitrogens with one attached hydrogen (secondary N) is 1. The van der Waals surface area contributed by atoms with Crippen LogP contribution in [0.5, 0.6) is 11.5 Å². The second kappa shape index (κ2) is 8.37. The minimum Gasteiger partial charge on any atom is -0.497 e. The van der Waals surface area contributed by atoms with Crippen molar-refractivity contribution >= 4 is 0 Å². The van der Waals surface area contributed by atoms with E-state index in [9.17, 15) is 5.11 Å². The van der Waals surface area contributed by atoms with Crippen molar-refractivity contribution < 1.29 is 14.6 Å². The molecule has 1 aliphatic rings. The van der Waals surface area contributed by atoms with Crippen LogP contribution in [0, 0.1) is 6.92 Å². The molecule has 3 atom stereocenters. The minimum atomic E-state index is -0.507. The van der Waals surface area contributed by atoms with Crippen LogP contribution in [0.4, 0.5) is 0 Å². The van der Waals surface area contributed by atoms with Gasteiger partial charge in [0.15, 0.2) is 0 Å². The molecule has 2 aromatic carbocycles. The van der Waals surface area contributed by atoms with Crippen molar-refractivity contribution in [2.75, 3.05) is 7.11 Å². The number of benzene rings is 2. The zero-order valence-electron chi connectivity index (χ0n) is 14.9. The Hall–Kier alpha value is -2.04. The molecule has 0 unspecified atom stereocenters. The molecule has 1 saturated carbocycles. The van der Waals surface area contributed by atoms with Crippen molar-refractivity contribution in [2.45, 2.75) is 51.0 Å². The van der Waals surface area contributed by atoms with Crippen LogP contribution in [0.25, 0.3) is 0 Å². The van der Waals surface area contributed by atoms with Gasteiger partial charge < -0.3 is 19.9 Å². The van der Waals surface area contributed by atoms with Gasteiger partial charge in [-0.3, -0.25) is 0 Å². The van der Waals surface area contributed by atoms with Gasteiger partial charge in [-0.2, -0.15) is 0 Å². The van der Waals surface area contributed by atoms with Crippen LogP contribution in [0.3, 0.4) is 0 Å². The Labute approximate surface area is 149 Å². The highest BCUT2D eigenvalue weighted by atomic mass is 16.5. The zero-order valence-corrected chi connectivity index (χ0v) is 14.9. The lowest BCUT2D eigenvalue weighted by Crippen LogP contribution is -2.50. The average molecular weight is 341 g/mol. The van der Waals surface area contributed by atoms with E-state index in [2.05, 4.69) is 5.32 Å². The Balaban J connectivity index is 1.56. The van der Waals surface area contributed by atoms with Crippen molar-refractivity contribution in [3.05, 3.63) is 59.7 Å². The lowest BCUT2D eigenvalue weighted by molar-refractivity contribution is -0.0157. The largest absolute Gasteiger partial charge is 0.497 e. The molecule has 3 rings (SSSR count). The number of rotatable bonds is 6. The topological polar surface area (TPSA) is 50.7 Å². The van der Waals surface area contributed by atoms with Crippen molar-refractivity contribution in [3.8, 4) is 11.5 Å². The molecule has 0 aromatic heterocycles. The molecule has 0 bridgehead atoms. The van der Waals surface area contributed by atoms with E-state index in [-0.39, 0.29) is 12.1 Å². The molecule has 0 amide bonds. The predicted molar refractivity (Wildman–Crippen MR) is 99.1 cm³/mol. The third-order valence-electron chi connectivity index (χ3n) is 4.80. The normalized spacial score (nSPS) is 23.2. The van der Waals surface area contributed by atoms with E-state index in [1.165, 1.54) is 5.56 Å². The summed E-state index contributed by atoms with van der Waals surface area (Å²) in [4.78, 5) is 0. The minimum absolute atomic E-state index is 0.0469. The number of hydrogen-bond acceptors (Lipinski definition) is 4. The molecule has 2 N–H and O–H groups in total. The second-order valence-corrected chi connectivity index (χ2v) is 6.73. The molecule has 0 spiro atoms. The Morgan fingerprint density at radius 3 is 2.60 bits per heavy atom. The standard InChI is InChI=1S/C21H27NO3/c1-15-5-3-6-18(13-15)25-20-8-4-7-19(21(20)23)22-14-16-9-11-17(24-2)12-10-16/h3,5-6,9-13,19-23H,4,7-8,14H2,1-2H3/t19-,20+,21+/m0/s1. The van der Waals surface area contributed by atoms with E-state index in [4.69, 9.17) is 9.47 Å². The number of methoxy groups -OCH3 is 1. The number of aliphatic hydroxyl groups excluding tert-OH is 1. The van der Waals surface area contributed by atoms with Gasteiger partial charge in [0.1, 0.15) is 23.7 Å². The Morgan fingerprint density at radius 1 is 1.08 bits per heavy atom. The molecule has 0 saturated heterocycles. The first-order valence-electron chi connectivity index (χ1n) is 8.93. The number of hydrogen-bond donors (Lipinski definition) is 2. The molecule has 1 aliphatic carbocycles. The van der Waals surface area contributed by atoms with E-state index < -0.39 is 6.10 Å². The van der Waals surface area contributed by atoms with Crippen molar-refractivity contribution in [3.63, 3.8) is 0 Å². The maximum Gasteiger partial charge on any atom is 0.126 e. The van der Waals surface area contributed by atoms with Crippen LogP contribution in [0.2, 0.25) is 0 Å². The van der Waals surface area contributed by atoms with E-state index in [1.807, 2.05) is 55.5 Å². The monoisotopic (exact) mass is 341 g/mol. The lowest BCUT2D eigenvalue weighted by Gasteiger charge is -2.35. The molecular weight excluding hydrogens is 314 g/mol. The number of ether oxygens (including phenoxy) is 2. The van der Waals surface area contributed by atoms with Crippen molar-refractivity contribution in [1.29, 1.82) is 0 Å². The lowest BCUT2D eigenvalue weighted by atomic mass is 9.89. The summed E-state index contributed by atoms with van der Waals surface area (Å²) < 4.78 is 11.2. The van der Waals surface area contributed by atoms with Crippen molar-refractivity contribution in [1.82, 2.24) is 5.32 Å². The molecule has 0 aliphatic heterocycles. The van der Waals surface area contributed by atoms with Crippen molar-refractivity contribution in [2.24, 2.45) is 0 Å². The molecule has 1 fully saturated rings. The van der Waals surface area contributed by atoms with Gasteiger partial charge in [0.05, 0.1) is 7.11 Å². The summed E-state index contributed by atoms with van der Waals surface area (Å²) >= 11 is 0. The molecule has 134 valence electrons. The fourth-order valence-electron chi connectivity index (χ4n) is 3.35. The molecule has 4 heteroatoms. The van der Waals surface area contributed by atoms with Crippen LogP contribution in [0.1, 0.15) is 30.4 Å². The van der Waals surface area contributed by atoms with Gasteiger partial charge in [-0.1, -0.05) is 24.3 Å². The summed E-state index contributed by atoms with van der Waals surface area (Å²) in [7, 11) is 1.67. The Morgan fingerprint density at radius 2 is 1.88 bits per heavy atom. The van der Waals surface area contributed by atoms with Crippen LogP contribution < -0.4 is 14.8 Å². The quantitative estimate of drug-likeness (QED) is 0.845.